The molecule has 0 heterocycles. The van der Waals surface area contributed by atoms with Gasteiger partial charge in [0.1, 0.15) is 0 Å². The predicted molar refractivity (Wildman–Crippen MR) is 127 cm³/mol. The second kappa shape index (κ2) is 16.0. The molecule has 0 saturated carbocycles. The average Bonchev–Trinajstić information content (AvgIpc) is 2.74. The van der Waals surface area contributed by atoms with Gasteiger partial charge in [-0.3, -0.25) is 14.4 Å². The molecule has 0 aliphatic carbocycles. The number of amides is 3. The zero-order valence-corrected chi connectivity index (χ0v) is 21.5. The summed E-state index contributed by atoms with van der Waals surface area (Å²) in [6, 6.07) is -0.167. The van der Waals surface area contributed by atoms with Crippen LogP contribution in [0.4, 0.5) is 0 Å². The molecule has 0 aromatic rings. The van der Waals surface area contributed by atoms with Gasteiger partial charge in [0, 0.05) is 34.2 Å². The van der Waals surface area contributed by atoms with Gasteiger partial charge in [0.05, 0.1) is 30.6 Å². The first-order chi connectivity index (χ1) is 15.0. The normalized spacial score (nSPS) is 16.2. The summed E-state index contributed by atoms with van der Waals surface area (Å²) < 4.78 is 11.0. The molecule has 188 valence electrons. The Balaban J connectivity index is 4.76. The van der Waals surface area contributed by atoms with Crippen LogP contribution in [0.3, 0.4) is 0 Å². The van der Waals surface area contributed by atoms with Crippen LogP contribution in [0.25, 0.3) is 0 Å². The van der Waals surface area contributed by atoms with Crippen LogP contribution in [0.1, 0.15) is 73.1 Å². The van der Waals surface area contributed by atoms with Gasteiger partial charge in [-0.15, -0.1) is 0 Å². The van der Waals surface area contributed by atoms with Crippen LogP contribution < -0.4 is 11.1 Å². The molecule has 3 amide bonds. The Kier molecular flexibility index (Phi) is 15.2. The fraction of sp³-hybridized carbons (Fsp3) is 0.875. The topological polar surface area (TPSA) is 111 Å². The highest BCUT2D eigenvalue weighted by atomic mass is 16.5. The van der Waals surface area contributed by atoms with Crippen LogP contribution in [0.15, 0.2) is 0 Å². The second-order valence-corrected chi connectivity index (χ2v) is 9.27. The Morgan fingerprint density at radius 3 is 2.03 bits per heavy atom. The van der Waals surface area contributed by atoms with Crippen molar-refractivity contribution >= 4 is 17.7 Å². The summed E-state index contributed by atoms with van der Waals surface area (Å²) in [6.45, 7) is 10.5. The molecule has 3 N–H and O–H groups in total. The lowest BCUT2D eigenvalue weighted by molar-refractivity contribution is -0.139. The molecule has 0 fully saturated rings. The minimum atomic E-state index is -0.375. The molecule has 8 heteroatoms. The van der Waals surface area contributed by atoms with E-state index in [2.05, 4.69) is 19.2 Å². The minimum Gasteiger partial charge on any atom is -0.381 e. The van der Waals surface area contributed by atoms with E-state index in [1.165, 1.54) is 0 Å². The van der Waals surface area contributed by atoms with E-state index in [1.54, 1.807) is 26.0 Å². The van der Waals surface area contributed by atoms with E-state index < -0.39 is 0 Å². The summed E-state index contributed by atoms with van der Waals surface area (Å²) in [4.78, 5) is 38.3. The summed E-state index contributed by atoms with van der Waals surface area (Å²) in [5, 5.41) is 2.95. The van der Waals surface area contributed by atoms with Crippen molar-refractivity contribution in [2.45, 2.75) is 91.4 Å². The van der Waals surface area contributed by atoms with Gasteiger partial charge in [0.15, 0.2) is 0 Å². The summed E-state index contributed by atoms with van der Waals surface area (Å²) in [5.74, 6) is -0.259. The van der Waals surface area contributed by atoms with Gasteiger partial charge >= 0.3 is 0 Å². The number of hydrogen-bond acceptors (Lipinski definition) is 5. The molecule has 0 saturated heterocycles. The Bertz CT molecular complexity index is 570. The number of nitrogens with one attached hydrogen (secondary N) is 1. The molecule has 0 aromatic heterocycles. The molecule has 32 heavy (non-hydrogen) atoms. The standard InChI is InChI=1S/C24H47N3O5/c1-9-17(4)23(27(6)22(29)14-16(2)3)20(32-8)15-21(28)26-13-11-10-12-19(31-7)18(5)24(25)30/h16-20,23H,9-15H2,1-8H3,(H2,25,30)(H,26,28)/t17-,18+,19-,20+,23-/m1/s1. The van der Waals surface area contributed by atoms with Crippen LogP contribution in [-0.2, 0) is 23.9 Å². The monoisotopic (exact) mass is 457 g/mol. The van der Waals surface area contributed by atoms with Gasteiger partial charge < -0.3 is 25.4 Å². The van der Waals surface area contributed by atoms with Crippen LogP contribution in [-0.4, -0.2) is 68.7 Å². The molecule has 0 radical (unpaired) electrons. The van der Waals surface area contributed by atoms with Gasteiger partial charge in [0.2, 0.25) is 17.7 Å². The van der Waals surface area contributed by atoms with Crippen LogP contribution in [0, 0.1) is 17.8 Å². The van der Waals surface area contributed by atoms with E-state index in [-0.39, 0.29) is 60.1 Å². The molecule has 0 aliphatic heterocycles. The summed E-state index contributed by atoms with van der Waals surface area (Å²) in [7, 11) is 4.98. The number of nitrogens with two attached hydrogens (primary N) is 1. The zero-order chi connectivity index (χ0) is 24.8. The first-order valence-corrected chi connectivity index (χ1v) is 11.9. The molecule has 5 atom stereocenters. The lowest BCUT2D eigenvalue weighted by Gasteiger charge is -2.38. The first kappa shape index (κ1) is 30.3. The number of likely N-dealkylation sites (N-methyl/N-ethyl adjacent to an activating group) is 1. The second-order valence-electron chi connectivity index (χ2n) is 9.27. The van der Waals surface area contributed by atoms with Crippen molar-refractivity contribution in [1.29, 1.82) is 0 Å². The number of carbonyl (C=O) groups excluding carboxylic acids is 3. The number of rotatable bonds is 17. The maximum atomic E-state index is 12.7. The Morgan fingerprint density at radius 2 is 1.56 bits per heavy atom. The molecule has 0 spiro atoms. The smallest absolute Gasteiger partial charge is 0.222 e. The number of unbranched alkanes of at least 4 members (excludes halogenated alkanes) is 1. The number of methoxy groups -OCH3 is 2. The van der Waals surface area contributed by atoms with Gasteiger partial charge in [0.25, 0.3) is 0 Å². The molecule has 0 aliphatic rings. The number of ether oxygens (including phenoxy) is 2. The maximum absolute atomic E-state index is 12.7. The highest BCUT2D eigenvalue weighted by molar-refractivity contribution is 5.78. The Labute approximate surface area is 194 Å². The third-order valence-corrected chi connectivity index (χ3v) is 6.27. The average molecular weight is 458 g/mol. The first-order valence-electron chi connectivity index (χ1n) is 11.9. The third-order valence-electron chi connectivity index (χ3n) is 6.27. The number of hydrogen-bond donors (Lipinski definition) is 2. The van der Waals surface area contributed by atoms with E-state index in [9.17, 15) is 14.4 Å². The Hall–Kier alpha value is -1.67. The molecule has 0 unspecified atom stereocenters. The van der Waals surface area contributed by atoms with Gasteiger partial charge in [-0.1, -0.05) is 41.0 Å². The minimum absolute atomic E-state index is 0.0747. The van der Waals surface area contributed by atoms with Gasteiger partial charge in [-0.05, 0) is 31.1 Å². The number of nitrogens with zero attached hydrogens (tertiary/aromatic N) is 1. The van der Waals surface area contributed by atoms with Gasteiger partial charge in [-0.2, -0.15) is 0 Å². The molecule has 8 nitrogen and oxygen atoms in total. The number of carbonyl (C=O) groups is 3. The summed E-state index contributed by atoms with van der Waals surface area (Å²) in [5.41, 5.74) is 5.35. The van der Waals surface area contributed by atoms with Crippen molar-refractivity contribution in [3.8, 4) is 0 Å². The SMILES string of the molecule is CC[C@@H](C)[C@H]([C@H](CC(=O)NCCCC[C@@H](OC)[C@H](C)C(N)=O)OC)N(C)C(=O)CC(C)C. The summed E-state index contributed by atoms with van der Waals surface area (Å²) >= 11 is 0. The molecular formula is C24H47N3O5. The van der Waals surface area contributed by atoms with Gasteiger partial charge in [-0.25, -0.2) is 0 Å². The van der Waals surface area contributed by atoms with Crippen LogP contribution >= 0.6 is 0 Å². The third kappa shape index (κ3) is 10.8. The van der Waals surface area contributed by atoms with Crippen molar-refractivity contribution in [2.75, 3.05) is 27.8 Å². The summed E-state index contributed by atoms with van der Waals surface area (Å²) in [6.07, 6.45) is 3.26. The molecular weight excluding hydrogens is 410 g/mol. The fourth-order valence-electron chi connectivity index (χ4n) is 3.95. The van der Waals surface area contributed by atoms with E-state index in [4.69, 9.17) is 15.2 Å². The van der Waals surface area contributed by atoms with E-state index >= 15 is 0 Å². The van der Waals surface area contributed by atoms with Crippen molar-refractivity contribution < 1.29 is 23.9 Å². The maximum Gasteiger partial charge on any atom is 0.222 e. The highest BCUT2D eigenvalue weighted by Crippen LogP contribution is 2.23. The molecule has 0 rings (SSSR count). The van der Waals surface area contributed by atoms with Crippen molar-refractivity contribution in [2.24, 2.45) is 23.5 Å². The van der Waals surface area contributed by atoms with Crippen molar-refractivity contribution in [3.05, 3.63) is 0 Å². The highest BCUT2D eigenvalue weighted by Gasteiger charge is 2.33. The lowest BCUT2D eigenvalue weighted by Crippen LogP contribution is -2.50. The van der Waals surface area contributed by atoms with E-state index in [0.717, 1.165) is 19.3 Å². The van der Waals surface area contributed by atoms with Crippen LogP contribution in [0.5, 0.6) is 0 Å². The fourth-order valence-corrected chi connectivity index (χ4v) is 3.95. The lowest BCUT2D eigenvalue weighted by atomic mass is 9.90. The van der Waals surface area contributed by atoms with Crippen molar-refractivity contribution in [1.82, 2.24) is 10.2 Å². The molecule has 0 aromatic carbocycles. The van der Waals surface area contributed by atoms with E-state index in [0.29, 0.717) is 19.4 Å². The molecule has 0 bridgehead atoms. The largest absolute Gasteiger partial charge is 0.381 e. The Morgan fingerprint density at radius 1 is 0.969 bits per heavy atom. The van der Waals surface area contributed by atoms with Crippen LogP contribution in [0.2, 0.25) is 0 Å². The van der Waals surface area contributed by atoms with Crippen molar-refractivity contribution in [3.63, 3.8) is 0 Å². The predicted octanol–water partition coefficient (Wildman–Crippen LogP) is 2.73. The quantitative estimate of drug-likeness (QED) is 0.326. The van der Waals surface area contributed by atoms with E-state index in [1.807, 2.05) is 20.9 Å². The number of primary amides is 1. The zero-order valence-electron chi connectivity index (χ0n) is 21.5.